The minimum atomic E-state index is -2.99. The van der Waals surface area contributed by atoms with Crippen molar-refractivity contribution in [1.82, 2.24) is 15.1 Å². The fourth-order valence-electron chi connectivity index (χ4n) is 2.35. The average molecular weight is 419 g/mol. The molecule has 0 saturated carbocycles. The van der Waals surface area contributed by atoms with E-state index in [-0.39, 0.29) is 17.1 Å². The van der Waals surface area contributed by atoms with Gasteiger partial charge in [0.2, 0.25) is 5.76 Å². The number of rotatable bonds is 8. The van der Waals surface area contributed by atoms with E-state index in [4.69, 9.17) is 9.15 Å². The van der Waals surface area contributed by atoms with Crippen LogP contribution in [-0.4, -0.2) is 40.8 Å². The third kappa shape index (κ3) is 5.74. The molecule has 0 saturated heterocycles. The van der Waals surface area contributed by atoms with Gasteiger partial charge in [0.25, 0.3) is 11.8 Å². The summed E-state index contributed by atoms with van der Waals surface area (Å²) in [7, 11) is 0. The molecule has 156 valence electrons. The second-order valence-electron chi connectivity index (χ2n) is 5.83. The number of ether oxygens (including phenoxy) is 2. The molecule has 30 heavy (non-hydrogen) atoms. The average Bonchev–Trinajstić information content (AvgIpc) is 3.39. The number of hydrogen-bond acceptors (Lipinski definition) is 7. The summed E-state index contributed by atoms with van der Waals surface area (Å²) in [5.74, 6) is -2.32. The van der Waals surface area contributed by atoms with Crippen LogP contribution in [0.5, 0.6) is 5.75 Å². The Kier molecular flexibility index (Phi) is 6.53. The molecule has 1 aromatic carbocycles. The lowest BCUT2D eigenvalue weighted by molar-refractivity contribution is -0.123. The number of carbonyl (C=O) groups excluding carboxylic acids is 3. The third-order valence-corrected chi connectivity index (χ3v) is 3.67. The highest BCUT2D eigenvalue weighted by Gasteiger charge is 2.17. The number of carbonyl (C=O) groups is 3. The number of benzene rings is 1. The summed E-state index contributed by atoms with van der Waals surface area (Å²) in [5, 5.41) is 6.02. The van der Waals surface area contributed by atoms with E-state index in [0.717, 1.165) is 12.1 Å². The maximum absolute atomic E-state index is 12.1. The van der Waals surface area contributed by atoms with E-state index in [1.807, 2.05) is 5.32 Å². The van der Waals surface area contributed by atoms with Gasteiger partial charge in [-0.25, -0.2) is 4.79 Å². The summed E-state index contributed by atoms with van der Waals surface area (Å²) in [6, 6.07) is 9.43. The molecular formula is C19H15F2N3O6. The molecular weight excluding hydrogens is 404 g/mol. The maximum Gasteiger partial charge on any atom is 0.387 e. The van der Waals surface area contributed by atoms with E-state index in [1.165, 1.54) is 18.2 Å². The number of hydrogen-bond donors (Lipinski definition) is 1. The normalized spacial score (nSPS) is 10.6. The molecule has 0 aliphatic heterocycles. The molecule has 1 N–H and O–H groups in total. The van der Waals surface area contributed by atoms with Gasteiger partial charge in [-0.1, -0.05) is 0 Å². The largest absolute Gasteiger partial charge is 0.452 e. The van der Waals surface area contributed by atoms with Gasteiger partial charge in [0.1, 0.15) is 11.5 Å². The van der Waals surface area contributed by atoms with Gasteiger partial charge >= 0.3 is 12.6 Å². The van der Waals surface area contributed by atoms with Crippen LogP contribution < -0.4 is 10.1 Å². The van der Waals surface area contributed by atoms with Crippen LogP contribution in [0.25, 0.3) is 0 Å². The Morgan fingerprint density at radius 3 is 2.57 bits per heavy atom. The van der Waals surface area contributed by atoms with E-state index in [1.54, 1.807) is 29.2 Å². The monoisotopic (exact) mass is 419 g/mol. The van der Waals surface area contributed by atoms with E-state index in [2.05, 4.69) is 9.84 Å². The lowest BCUT2D eigenvalue weighted by Crippen LogP contribution is -2.34. The summed E-state index contributed by atoms with van der Waals surface area (Å²) in [5.41, 5.74) is 0.0330. The van der Waals surface area contributed by atoms with Crippen molar-refractivity contribution in [3.05, 3.63) is 71.9 Å². The molecule has 0 atom stereocenters. The fraction of sp³-hybridized carbons (Fsp3) is 0.158. The van der Waals surface area contributed by atoms with Crippen molar-refractivity contribution >= 4 is 17.8 Å². The molecule has 0 aliphatic rings. The first-order valence-corrected chi connectivity index (χ1v) is 8.53. The first kappa shape index (κ1) is 20.7. The van der Waals surface area contributed by atoms with Gasteiger partial charge in [-0.15, -0.1) is 0 Å². The van der Waals surface area contributed by atoms with Crippen molar-refractivity contribution < 1.29 is 37.1 Å². The minimum Gasteiger partial charge on any atom is -0.452 e. The minimum absolute atomic E-state index is 0.0330. The predicted octanol–water partition coefficient (Wildman–Crippen LogP) is 2.24. The van der Waals surface area contributed by atoms with Gasteiger partial charge in [-0.3, -0.25) is 19.6 Å². The van der Waals surface area contributed by atoms with Crippen LogP contribution in [0.3, 0.4) is 0 Å². The molecule has 2 amide bonds. The summed E-state index contributed by atoms with van der Waals surface area (Å²) < 4.78 is 40.1. The Bertz CT molecular complexity index is 1020. The molecule has 3 rings (SSSR count). The van der Waals surface area contributed by atoms with Crippen LogP contribution in [0.1, 0.15) is 26.7 Å². The van der Waals surface area contributed by atoms with Crippen LogP contribution in [-0.2, 0) is 16.1 Å². The number of nitrogens with one attached hydrogen (secondary N) is 1. The van der Waals surface area contributed by atoms with Gasteiger partial charge in [0, 0.05) is 18.0 Å². The number of nitrogens with zero attached hydrogens (tertiary/aromatic N) is 2. The molecule has 0 spiro atoms. The van der Waals surface area contributed by atoms with Crippen LogP contribution >= 0.6 is 0 Å². The maximum atomic E-state index is 12.1. The third-order valence-electron chi connectivity index (χ3n) is 3.67. The fourth-order valence-corrected chi connectivity index (χ4v) is 2.35. The summed E-state index contributed by atoms with van der Waals surface area (Å²) in [6.45, 7) is -3.39. The number of amides is 2. The highest BCUT2D eigenvalue weighted by molar-refractivity contribution is 6.05. The number of imide groups is 1. The molecule has 0 bridgehead atoms. The highest BCUT2D eigenvalue weighted by atomic mass is 19.3. The van der Waals surface area contributed by atoms with Gasteiger partial charge in [0.15, 0.2) is 6.61 Å². The molecule has 3 aromatic rings. The van der Waals surface area contributed by atoms with Gasteiger partial charge < -0.3 is 13.9 Å². The van der Waals surface area contributed by atoms with Gasteiger partial charge in [-0.05, 0) is 42.5 Å². The second-order valence-corrected chi connectivity index (χ2v) is 5.83. The lowest BCUT2D eigenvalue weighted by Gasteiger charge is -2.07. The quantitative estimate of drug-likeness (QED) is 0.557. The van der Waals surface area contributed by atoms with Crippen LogP contribution in [0, 0.1) is 0 Å². The summed E-state index contributed by atoms with van der Waals surface area (Å²) in [6.07, 6.45) is 3.32. The molecule has 0 unspecified atom stereocenters. The number of aromatic nitrogens is 2. The first-order chi connectivity index (χ1) is 14.4. The Morgan fingerprint density at radius 1 is 1.13 bits per heavy atom. The summed E-state index contributed by atoms with van der Waals surface area (Å²) in [4.78, 5) is 35.8. The van der Waals surface area contributed by atoms with Crippen molar-refractivity contribution in [1.29, 1.82) is 0 Å². The van der Waals surface area contributed by atoms with Crippen molar-refractivity contribution in [2.45, 2.75) is 13.2 Å². The highest BCUT2D eigenvalue weighted by Crippen LogP contribution is 2.15. The zero-order chi connectivity index (χ0) is 21.5. The van der Waals surface area contributed by atoms with Crippen LogP contribution in [0.4, 0.5) is 8.78 Å². The number of halogens is 2. The van der Waals surface area contributed by atoms with E-state index in [0.29, 0.717) is 12.3 Å². The van der Waals surface area contributed by atoms with Gasteiger partial charge in [-0.2, -0.15) is 13.9 Å². The van der Waals surface area contributed by atoms with E-state index >= 15 is 0 Å². The zero-order valence-electron chi connectivity index (χ0n) is 15.3. The SMILES string of the molecule is O=C(COC(=O)c1ccc(Cn2cccn2)o1)NC(=O)c1ccc(OC(F)F)cc1. The van der Waals surface area contributed by atoms with Crippen LogP contribution in [0.2, 0.25) is 0 Å². The van der Waals surface area contributed by atoms with Crippen molar-refractivity contribution in [2.75, 3.05) is 6.61 Å². The topological polar surface area (TPSA) is 113 Å². The molecule has 2 heterocycles. The predicted molar refractivity (Wildman–Crippen MR) is 95.9 cm³/mol. The second kappa shape index (κ2) is 9.45. The molecule has 9 nitrogen and oxygen atoms in total. The standard InChI is InChI=1S/C19H15F2N3O6/c20-19(21)30-13-4-2-12(3-5-13)17(26)23-16(25)11-28-18(27)15-7-6-14(29-15)10-24-9-1-8-22-24/h1-9,19H,10-11H2,(H,23,25,26). The van der Waals surface area contributed by atoms with Crippen LogP contribution in [0.15, 0.2) is 59.3 Å². The van der Waals surface area contributed by atoms with E-state index < -0.39 is 31.0 Å². The molecule has 0 aliphatic carbocycles. The Balaban J connectivity index is 1.46. The van der Waals surface area contributed by atoms with Crippen molar-refractivity contribution in [3.8, 4) is 5.75 Å². The summed E-state index contributed by atoms with van der Waals surface area (Å²) >= 11 is 0. The lowest BCUT2D eigenvalue weighted by atomic mass is 10.2. The van der Waals surface area contributed by atoms with Gasteiger partial charge in [0.05, 0.1) is 6.54 Å². The Morgan fingerprint density at radius 2 is 1.90 bits per heavy atom. The zero-order valence-corrected chi connectivity index (χ0v) is 15.3. The van der Waals surface area contributed by atoms with Crippen molar-refractivity contribution in [2.24, 2.45) is 0 Å². The Hall–Kier alpha value is -4.02. The molecule has 2 aromatic heterocycles. The number of furan rings is 1. The number of alkyl halides is 2. The number of esters is 1. The molecule has 0 radical (unpaired) electrons. The molecule has 0 fully saturated rings. The molecule has 11 heteroatoms. The van der Waals surface area contributed by atoms with E-state index in [9.17, 15) is 23.2 Å². The Labute approximate surface area is 168 Å². The smallest absolute Gasteiger partial charge is 0.387 e. The van der Waals surface area contributed by atoms with Crippen molar-refractivity contribution in [3.63, 3.8) is 0 Å². The first-order valence-electron chi connectivity index (χ1n) is 8.53.